The molecule has 6 nitrogen and oxygen atoms in total. The highest BCUT2D eigenvalue weighted by Gasteiger charge is 2.50. The minimum Gasteiger partial charge on any atom is -0.384 e. The molecule has 2 aliphatic heterocycles. The molecule has 1 aromatic heterocycles. The number of rotatable bonds is 8. The molecule has 34 heavy (non-hydrogen) atoms. The first kappa shape index (κ1) is 23.0. The fraction of sp³-hybridized carbons (Fsp3) is 0.393. The summed E-state index contributed by atoms with van der Waals surface area (Å²) in [6.45, 7) is 2.37. The number of hydroxylamine groups is 2. The lowest BCUT2D eigenvalue weighted by molar-refractivity contribution is -0.295. The van der Waals surface area contributed by atoms with E-state index >= 15 is 0 Å². The van der Waals surface area contributed by atoms with Crippen molar-refractivity contribution in [2.24, 2.45) is 0 Å². The van der Waals surface area contributed by atoms with E-state index in [-0.39, 0.29) is 11.6 Å². The van der Waals surface area contributed by atoms with Crippen LogP contribution >= 0.6 is 0 Å². The van der Waals surface area contributed by atoms with Crippen LogP contribution in [0, 0.1) is 0 Å². The Kier molecular flexibility index (Phi) is 6.92. The Hall–Kier alpha value is -2.77. The summed E-state index contributed by atoms with van der Waals surface area (Å²) >= 11 is 0. The summed E-state index contributed by atoms with van der Waals surface area (Å²) in [5, 5.41) is 6.07. The van der Waals surface area contributed by atoms with Gasteiger partial charge in [-0.3, -0.25) is 0 Å². The van der Waals surface area contributed by atoms with Gasteiger partial charge in [0.25, 0.3) is 0 Å². The van der Waals surface area contributed by atoms with Crippen LogP contribution < -0.4 is 11.1 Å². The van der Waals surface area contributed by atoms with Crippen LogP contribution in [0.1, 0.15) is 24.0 Å². The average molecular weight is 459 g/mol. The molecular formula is C28H34N4O2. The van der Waals surface area contributed by atoms with Crippen LogP contribution in [0.2, 0.25) is 0 Å². The second-order valence-corrected chi connectivity index (χ2v) is 9.55. The lowest BCUT2D eigenvalue weighted by Gasteiger charge is -2.55. The normalized spacial score (nSPS) is 24.7. The monoisotopic (exact) mass is 458 g/mol. The van der Waals surface area contributed by atoms with Crippen molar-refractivity contribution in [3.8, 4) is 11.3 Å². The first-order valence-corrected chi connectivity index (χ1v) is 12.2. The van der Waals surface area contributed by atoms with Gasteiger partial charge < -0.3 is 20.6 Å². The van der Waals surface area contributed by atoms with Gasteiger partial charge in [0, 0.05) is 11.6 Å². The molecule has 6 heteroatoms. The molecule has 2 aromatic carbocycles. The van der Waals surface area contributed by atoms with Gasteiger partial charge in [0.2, 0.25) is 0 Å². The zero-order valence-corrected chi connectivity index (χ0v) is 19.8. The quantitative estimate of drug-likeness (QED) is 0.534. The van der Waals surface area contributed by atoms with Gasteiger partial charge in [-0.05, 0) is 55.5 Å². The van der Waals surface area contributed by atoms with Gasteiger partial charge in [-0.1, -0.05) is 60.7 Å². The molecule has 3 atom stereocenters. The molecule has 0 saturated carbocycles. The van der Waals surface area contributed by atoms with Gasteiger partial charge in [-0.15, -0.1) is 0 Å². The van der Waals surface area contributed by atoms with Crippen LogP contribution in [-0.2, 0) is 22.4 Å². The van der Waals surface area contributed by atoms with Gasteiger partial charge in [0.15, 0.2) is 0 Å². The average Bonchev–Trinajstić information content (AvgIpc) is 2.84. The second kappa shape index (κ2) is 10.2. The van der Waals surface area contributed by atoms with Gasteiger partial charge in [0.1, 0.15) is 5.82 Å². The Morgan fingerprint density at radius 1 is 1.06 bits per heavy atom. The number of benzene rings is 2. The van der Waals surface area contributed by atoms with E-state index in [4.69, 9.17) is 15.3 Å². The van der Waals surface area contributed by atoms with E-state index in [0.29, 0.717) is 18.5 Å². The predicted octanol–water partition coefficient (Wildman–Crippen LogP) is 3.87. The number of aromatic nitrogens is 1. The molecule has 5 rings (SSSR count). The van der Waals surface area contributed by atoms with Crippen molar-refractivity contribution in [2.45, 2.75) is 43.3 Å². The maximum atomic E-state index is 6.06. The third kappa shape index (κ3) is 5.00. The summed E-state index contributed by atoms with van der Waals surface area (Å²) in [6.07, 6.45) is 3.95. The molecule has 3 aromatic rings. The van der Waals surface area contributed by atoms with Crippen LogP contribution in [0.15, 0.2) is 72.8 Å². The van der Waals surface area contributed by atoms with Gasteiger partial charge >= 0.3 is 0 Å². The molecule has 0 aliphatic carbocycles. The van der Waals surface area contributed by atoms with E-state index in [2.05, 4.69) is 70.0 Å². The summed E-state index contributed by atoms with van der Waals surface area (Å²) in [6, 6.07) is 25.8. The topological polar surface area (TPSA) is 72.6 Å². The Bertz CT molecular complexity index is 1080. The molecule has 178 valence electrons. The van der Waals surface area contributed by atoms with Crippen molar-refractivity contribution >= 4 is 5.82 Å². The number of ether oxygens (including phenoxy) is 1. The Labute approximate surface area is 202 Å². The smallest absolute Gasteiger partial charge is 0.124 e. The van der Waals surface area contributed by atoms with Gasteiger partial charge in [-0.25, -0.2) is 4.98 Å². The number of nitrogens with one attached hydrogen (secondary N) is 1. The maximum Gasteiger partial charge on any atom is 0.124 e. The van der Waals surface area contributed by atoms with Crippen molar-refractivity contribution in [2.75, 3.05) is 32.6 Å². The minimum absolute atomic E-state index is 0.138. The summed E-state index contributed by atoms with van der Waals surface area (Å²) in [5.41, 5.74) is 10.3. The van der Waals surface area contributed by atoms with E-state index in [1.54, 1.807) is 7.11 Å². The van der Waals surface area contributed by atoms with Crippen LogP contribution in [-0.4, -0.2) is 54.5 Å². The first-order valence-electron chi connectivity index (χ1n) is 12.2. The standard InChI is InChI=1S/C28H34N4O2/c1-33-32-25-16-24(18-28(32,20-34-19-25)17-22-6-3-2-4-7-22)30-15-14-21-10-12-23(13-11-21)26-8-5-9-27(29)31-26/h2-13,24-25,30H,14-20H2,1H3,(H2,29,31). The molecule has 0 radical (unpaired) electrons. The minimum atomic E-state index is -0.138. The number of hydrogen-bond donors (Lipinski definition) is 2. The molecule has 2 saturated heterocycles. The number of fused-ring (bicyclic) bond motifs is 2. The zero-order chi connectivity index (χ0) is 23.4. The van der Waals surface area contributed by atoms with Crippen molar-refractivity contribution in [3.63, 3.8) is 0 Å². The predicted molar refractivity (Wildman–Crippen MR) is 135 cm³/mol. The molecule has 3 unspecified atom stereocenters. The molecule has 3 heterocycles. The van der Waals surface area contributed by atoms with Crippen molar-refractivity contribution in [1.29, 1.82) is 0 Å². The summed E-state index contributed by atoms with van der Waals surface area (Å²) in [5.74, 6) is 0.547. The number of nitrogens with zero attached hydrogens (tertiary/aromatic N) is 2. The Morgan fingerprint density at radius 2 is 1.88 bits per heavy atom. The number of anilines is 1. The van der Waals surface area contributed by atoms with E-state index in [0.717, 1.165) is 50.1 Å². The summed E-state index contributed by atoms with van der Waals surface area (Å²) in [7, 11) is 1.80. The van der Waals surface area contributed by atoms with E-state index in [9.17, 15) is 0 Å². The Balaban J connectivity index is 1.21. The fourth-order valence-corrected chi connectivity index (χ4v) is 5.64. The van der Waals surface area contributed by atoms with Gasteiger partial charge in [-0.2, -0.15) is 5.06 Å². The zero-order valence-electron chi connectivity index (χ0n) is 19.8. The number of nitrogens with two attached hydrogens (primary N) is 1. The number of hydrogen-bond acceptors (Lipinski definition) is 6. The summed E-state index contributed by atoms with van der Waals surface area (Å²) < 4.78 is 6.06. The van der Waals surface area contributed by atoms with E-state index < -0.39 is 0 Å². The second-order valence-electron chi connectivity index (χ2n) is 9.55. The molecule has 2 aliphatic rings. The largest absolute Gasteiger partial charge is 0.384 e. The SMILES string of the molecule is CON1C2COCC1(Cc1ccccc1)CC(NCCc1ccc(-c3cccc(N)n3)cc1)C2. The van der Waals surface area contributed by atoms with Crippen LogP contribution in [0.4, 0.5) is 5.82 Å². The maximum absolute atomic E-state index is 6.06. The van der Waals surface area contributed by atoms with Crippen molar-refractivity contribution < 1.29 is 9.57 Å². The lowest BCUT2D eigenvalue weighted by Crippen LogP contribution is -2.68. The number of nitrogen functional groups attached to an aromatic ring is 1. The number of morpholine rings is 1. The highest BCUT2D eigenvalue weighted by Crippen LogP contribution is 2.38. The van der Waals surface area contributed by atoms with E-state index in [1.165, 1.54) is 11.1 Å². The summed E-state index contributed by atoms with van der Waals surface area (Å²) in [4.78, 5) is 10.3. The highest BCUT2D eigenvalue weighted by molar-refractivity contribution is 5.61. The molecule has 0 amide bonds. The molecular weight excluding hydrogens is 424 g/mol. The fourth-order valence-electron chi connectivity index (χ4n) is 5.64. The third-order valence-corrected chi connectivity index (χ3v) is 7.10. The van der Waals surface area contributed by atoms with Gasteiger partial charge in [0.05, 0.1) is 37.6 Å². The number of pyridine rings is 1. The third-order valence-electron chi connectivity index (χ3n) is 7.10. The lowest BCUT2D eigenvalue weighted by atomic mass is 9.77. The van der Waals surface area contributed by atoms with Crippen LogP contribution in [0.5, 0.6) is 0 Å². The van der Waals surface area contributed by atoms with Crippen LogP contribution in [0.3, 0.4) is 0 Å². The Morgan fingerprint density at radius 3 is 2.65 bits per heavy atom. The highest BCUT2D eigenvalue weighted by atomic mass is 16.7. The number of piperidine rings is 1. The molecule has 3 N–H and O–H groups in total. The van der Waals surface area contributed by atoms with Crippen molar-refractivity contribution in [1.82, 2.24) is 15.4 Å². The molecule has 2 fully saturated rings. The van der Waals surface area contributed by atoms with Crippen molar-refractivity contribution in [3.05, 3.63) is 83.9 Å². The van der Waals surface area contributed by atoms with E-state index in [1.807, 2.05) is 18.2 Å². The first-order chi connectivity index (χ1) is 16.6. The molecule has 2 bridgehead atoms. The van der Waals surface area contributed by atoms with Crippen LogP contribution in [0.25, 0.3) is 11.3 Å². The molecule has 0 spiro atoms.